The Morgan fingerprint density at radius 1 is 1.23 bits per heavy atom. The molecule has 26 heavy (non-hydrogen) atoms. The third-order valence-electron chi connectivity index (χ3n) is 4.72. The molecular weight excluding hydrogens is 331 g/mol. The van der Waals surface area contributed by atoms with E-state index in [1.54, 1.807) is 12.1 Å². The lowest BCUT2D eigenvalue weighted by Gasteiger charge is -2.33. The summed E-state index contributed by atoms with van der Waals surface area (Å²) in [7, 11) is 0. The van der Waals surface area contributed by atoms with Gasteiger partial charge in [0.15, 0.2) is 0 Å². The minimum atomic E-state index is -0.245. The fourth-order valence-corrected chi connectivity index (χ4v) is 3.18. The molecule has 5 heteroatoms. The SMILES string of the molecule is CC(NC(=O)CCN1CCOC(c2ccc(F)cc2)C1)c1ccccc1. The quantitative estimate of drug-likeness (QED) is 0.862. The fraction of sp³-hybridized carbons (Fsp3) is 0.381. The van der Waals surface area contributed by atoms with Crippen molar-refractivity contribution in [2.24, 2.45) is 0 Å². The van der Waals surface area contributed by atoms with Crippen molar-refractivity contribution in [3.8, 4) is 0 Å². The standard InChI is InChI=1S/C21H25FN2O2/c1-16(17-5-3-2-4-6-17)23-21(25)11-12-24-13-14-26-20(15-24)18-7-9-19(22)10-8-18/h2-10,16,20H,11-15H2,1H3,(H,23,25). The molecule has 0 aromatic heterocycles. The summed E-state index contributed by atoms with van der Waals surface area (Å²) in [4.78, 5) is 14.5. The number of carbonyl (C=O) groups excluding carboxylic acids is 1. The number of nitrogens with zero attached hydrogens (tertiary/aromatic N) is 1. The Morgan fingerprint density at radius 3 is 2.69 bits per heavy atom. The van der Waals surface area contributed by atoms with Gasteiger partial charge in [0.25, 0.3) is 0 Å². The van der Waals surface area contributed by atoms with Crippen LogP contribution in [0.15, 0.2) is 54.6 Å². The van der Waals surface area contributed by atoms with Crippen LogP contribution < -0.4 is 5.32 Å². The molecule has 1 fully saturated rings. The van der Waals surface area contributed by atoms with Crippen molar-refractivity contribution in [3.63, 3.8) is 0 Å². The lowest BCUT2D eigenvalue weighted by atomic mass is 10.1. The summed E-state index contributed by atoms with van der Waals surface area (Å²) in [6.45, 7) is 4.82. The number of nitrogens with one attached hydrogen (secondary N) is 1. The van der Waals surface area contributed by atoms with Crippen LogP contribution in [-0.4, -0.2) is 37.0 Å². The maximum absolute atomic E-state index is 13.1. The van der Waals surface area contributed by atoms with Crippen molar-refractivity contribution in [1.29, 1.82) is 0 Å². The van der Waals surface area contributed by atoms with E-state index in [2.05, 4.69) is 10.2 Å². The van der Waals surface area contributed by atoms with Gasteiger partial charge >= 0.3 is 0 Å². The molecule has 138 valence electrons. The van der Waals surface area contributed by atoms with Crippen molar-refractivity contribution in [3.05, 3.63) is 71.5 Å². The lowest BCUT2D eigenvalue weighted by Crippen LogP contribution is -2.40. The van der Waals surface area contributed by atoms with Gasteiger partial charge in [0.05, 0.1) is 18.8 Å². The zero-order valence-corrected chi connectivity index (χ0v) is 15.0. The summed E-state index contributed by atoms with van der Waals surface area (Å²) in [6.07, 6.45) is 0.378. The van der Waals surface area contributed by atoms with Crippen LogP contribution in [0.1, 0.15) is 36.6 Å². The second kappa shape index (κ2) is 8.92. The van der Waals surface area contributed by atoms with Crippen molar-refractivity contribution < 1.29 is 13.9 Å². The largest absolute Gasteiger partial charge is 0.371 e. The Hall–Kier alpha value is -2.24. The first-order valence-electron chi connectivity index (χ1n) is 9.05. The molecule has 1 saturated heterocycles. The summed E-state index contributed by atoms with van der Waals surface area (Å²) in [5.74, 6) is -0.197. The van der Waals surface area contributed by atoms with Crippen LogP contribution >= 0.6 is 0 Å². The number of morpholine rings is 1. The second-order valence-electron chi connectivity index (χ2n) is 6.66. The lowest BCUT2D eigenvalue weighted by molar-refractivity contribution is -0.122. The van der Waals surface area contributed by atoms with Crippen LogP contribution in [0.25, 0.3) is 0 Å². The molecule has 2 aromatic carbocycles. The molecule has 1 amide bonds. The van der Waals surface area contributed by atoms with Gasteiger partial charge < -0.3 is 10.1 Å². The van der Waals surface area contributed by atoms with Crippen molar-refractivity contribution in [1.82, 2.24) is 10.2 Å². The number of carbonyl (C=O) groups is 1. The molecule has 0 aliphatic carbocycles. The molecule has 2 aromatic rings. The molecule has 1 aliphatic rings. The third-order valence-corrected chi connectivity index (χ3v) is 4.72. The van der Waals surface area contributed by atoms with E-state index in [-0.39, 0.29) is 23.9 Å². The van der Waals surface area contributed by atoms with Crippen molar-refractivity contribution >= 4 is 5.91 Å². The first-order chi connectivity index (χ1) is 12.6. The number of ether oxygens (including phenoxy) is 1. The normalized spacial score (nSPS) is 19.1. The molecule has 3 rings (SSSR count). The fourth-order valence-electron chi connectivity index (χ4n) is 3.18. The maximum atomic E-state index is 13.1. The minimum Gasteiger partial charge on any atom is -0.371 e. The van der Waals surface area contributed by atoms with Gasteiger partial charge in [-0.05, 0) is 30.2 Å². The number of amides is 1. The number of halogens is 1. The van der Waals surface area contributed by atoms with Gasteiger partial charge in [-0.1, -0.05) is 42.5 Å². The highest BCUT2D eigenvalue weighted by atomic mass is 19.1. The molecule has 0 radical (unpaired) electrons. The molecule has 0 spiro atoms. The smallest absolute Gasteiger partial charge is 0.221 e. The van der Waals surface area contributed by atoms with Gasteiger partial charge in [0.1, 0.15) is 5.82 Å². The van der Waals surface area contributed by atoms with Gasteiger partial charge in [0.2, 0.25) is 5.91 Å². The Balaban J connectivity index is 1.46. The molecule has 1 N–H and O–H groups in total. The Kier molecular flexibility index (Phi) is 6.36. The third kappa shape index (κ3) is 5.13. The van der Waals surface area contributed by atoms with E-state index in [0.717, 1.165) is 17.7 Å². The predicted octanol–water partition coefficient (Wildman–Crippen LogP) is 3.47. The van der Waals surface area contributed by atoms with E-state index in [0.29, 0.717) is 26.1 Å². The Morgan fingerprint density at radius 2 is 1.96 bits per heavy atom. The highest BCUT2D eigenvalue weighted by Gasteiger charge is 2.22. The topological polar surface area (TPSA) is 41.6 Å². The van der Waals surface area contributed by atoms with E-state index in [1.165, 1.54) is 12.1 Å². The number of hydrogen-bond donors (Lipinski definition) is 1. The van der Waals surface area contributed by atoms with Gasteiger partial charge in [0, 0.05) is 26.1 Å². The minimum absolute atomic E-state index is 0.000327. The predicted molar refractivity (Wildman–Crippen MR) is 99.1 cm³/mol. The van der Waals surface area contributed by atoms with Gasteiger partial charge in [-0.25, -0.2) is 4.39 Å². The van der Waals surface area contributed by atoms with Crippen LogP contribution in [0.5, 0.6) is 0 Å². The molecule has 1 aliphatic heterocycles. The number of rotatable bonds is 6. The van der Waals surface area contributed by atoms with Crippen molar-refractivity contribution in [2.75, 3.05) is 26.2 Å². The van der Waals surface area contributed by atoms with E-state index < -0.39 is 0 Å². The summed E-state index contributed by atoms with van der Waals surface area (Å²) in [6, 6.07) is 16.4. The van der Waals surface area contributed by atoms with Crippen LogP contribution in [0.2, 0.25) is 0 Å². The molecule has 2 atom stereocenters. The monoisotopic (exact) mass is 356 g/mol. The molecule has 4 nitrogen and oxygen atoms in total. The number of benzene rings is 2. The summed E-state index contributed by atoms with van der Waals surface area (Å²) in [5.41, 5.74) is 2.07. The van der Waals surface area contributed by atoms with Gasteiger partial charge in [-0.15, -0.1) is 0 Å². The molecule has 0 saturated carbocycles. The summed E-state index contributed by atoms with van der Waals surface area (Å²) < 4.78 is 18.9. The van der Waals surface area contributed by atoms with Crippen LogP contribution in [-0.2, 0) is 9.53 Å². The molecule has 2 unspecified atom stereocenters. The van der Waals surface area contributed by atoms with Gasteiger partial charge in [-0.2, -0.15) is 0 Å². The number of hydrogen-bond acceptors (Lipinski definition) is 3. The highest BCUT2D eigenvalue weighted by Crippen LogP contribution is 2.22. The van der Waals surface area contributed by atoms with E-state index >= 15 is 0 Å². The Bertz CT molecular complexity index is 706. The first-order valence-corrected chi connectivity index (χ1v) is 9.05. The van der Waals surface area contributed by atoms with Crippen LogP contribution in [0.3, 0.4) is 0 Å². The summed E-state index contributed by atoms with van der Waals surface area (Å²) in [5, 5.41) is 3.05. The molecule has 0 bridgehead atoms. The highest BCUT2D eigenvalue weighted by molar-refractivity contribution is 5.76. The average Bonchev–Trinajstić information content (AvgIpc) is 2.68. The zero-order chi connectivity index (χ0) is 18.4. The zero-order valence-electron chi connectivity index (χ0n) is 15.0. The van der Waals surface area contributed by atoms with Gasteiger partial charge in [-0.3, -0.25) is 9.69 Å². The molecular formula is C21H25FN2O2. The van der Waals surface area contributed by atoms with Crippen LogP contribution in [0, 0.1) is 5.82 Å². The second-order valence-corrected chi connectivity index (χ2v) is 6.66. The van der Waals surface area contributed by atoms with Crippen LogP contribution in [0.4, 0.5) is 4.39 Å². The first kappa shape index (κ1) is 18.5. The Labute approximate surface area is 154 Å². The van der Waals surface area contributed by atoms with Crippen molar-refractivity contribution in [2.45, 2.75) is 25.5 Å². The summed E-state index contributed by atoms with van der Waals surface area (Å²) >= 11 is 0. The maximum Gasteiger partial charge on any atom is 0.221 e. The van der Waals surface area contributed by atoms with E-state index in [4.69, 9.17) is 4.74 Å². The average molecular weight is 356 g/mol. The molecule has 1 heterocycles. The van der Waals surface area contributed by atoms with E-state index in [9.17, 15) is 9.18 Å². The van der Waals surface area contributed by atoms with E-state index in [1.807, 2.05) is 37.3 Å².